The lowest BCUT2D eigenvalue weighted by molar-refractivity contribution is 0.0696. The van der Waals surface area contributed by atoms with Crippen LogP contribution in [0.15, 0.2) is 53.9 Å². The van der Waals surface area contributed by atoms with Crippen LogP contribution in [0.3, 0.4) is 0 Å². The maximum absolute atomic E-state index is 12.5. The summed E-state index contributed by atoms with van der Waals surface area (Å²) in [4.78, 5) is 24.3. The van der Waals surface area contributed by atoms with Gasteiger partial charge in [-0.2, -0.15) is 0 Å². The molecule has 1 amide bonds. The first-order valence-electron chi connectivity index (χ1n) is 9.74. The number of carbonyl (C=O) groups excluding carboxylic acids is 1. The van der Waals surface area contributed by atoms with Crippen molar-refractivity contribution in [1.82, 2.24) is 0 Å². The van der Waals surface area contributed by atoms with Crippen LogP contribution in [0.25, 0.3) is 11.1 Å². The molecular formula is C24H23NO4S. The SMILES string of the molecule is CC(C)(C)c1csc(NC(=O)OCC2c3ccccc3-c3ccccc32)c1C(=O)O. The van der Waals surface area contributed by atoms with Gasteiger partial charge in [-0.15, -0.1) is 11.3 Å². The summed E-state index contributed by atoms with van der Waals surface area (Å²) in [6.07, 6.45) is -0.651. The molecule has 1 heterocycles. The van der Waals surface area contributed by atoms with Gasteiger partial charge in [-0.3, -0.25) is 5.32 Å². The number of aromatic carboxylic acids is 1. The number of carbonyl (C=O) groups is 2. The molecule has 1 aliphatic carbocycles. The number of hydrogen-bond acceptors (Lipinski definition) is 4. The zero-order chi connectivity index (χ0) is 21.5. The molecular weight excluding hydrogens is 398 g/mol. The molecule has 0 radical (unpaired) electrons. The largest absolute Gasteiger partial charge is 0.478 e. The molecule has 6 heteroatoms. The van der Waals surface area contributed by atoms with Gasteiger partial charge in [-0.1, -0.05) is 69.3 Å². The molecule has 30 heavy (non-hydrogen) atoms. The molecule has 3 aromatic rings. The van der Waals surface area contributed by atoms with Crippen molar-refractivity contribution in [1.29, 1.82) is 0 Å². The summed E-state index contributed by atoms with van der Waals surface area (Å²) in [6.45, 7) is 6.01. The molecule has 0 spiro atoms. The van der Waals surface area contributed by atoms with Gasteiger partial charge in [0.15, 0.2) is 0 Å². The molecule has 0 atom stereocenters. The zero-order valence-corrected chi connectivity index (χ0v) is 17.9. The van der Waals surface area contributed by atoms with E-state index < -0.39 is 12.1 Å². The van der Waals surface area contributed by atoms with Gasteiger partial charge in [-0.25, -0.2) is 9.59 Å². The normalized spacial score (nSPS) is 12.9. The van der Waals surface area contributed by atoms with Crippen molar-refractivity contribution in [2.24, 2.45) is 0 Å². The molecule has 0 saturated carbocycles. The molecule has 0 aliphatic heterocycles. The minimum atomic E-state index is -1.06. The third-order valence-corrected chi connectivity index (χ3v) is 6.27. The van der Waals surface area contributed by atoms with E-state index in [1.165, 1.54) is 11.3 Å². The van der Waals surface area contributed by atoms with Crippen molar-refractivity contribution >= 4 is 28.4 Å². The Morgan fingerprint density at radius 3 is 2.13 bits per heavy atom. The number of rotatable bonds is 4. The highest BCUT2D eigenvalue weighted by Gasteiger charge is 2.30. The molecule has 1 aliphatic rings. The number of carboxylic acid groups (broad SMARTS) is 1. The van der Waals surface area contributed by atoms with Gasteiger partial charge in [0.2, 0.25) is 0 Å². The molecule has 0 unspecified atom stereocenters. The number of amides is 1. The Bertz CT molecular complexity index is 1080. The molecule has 0 fully saturated rings. The second kappa shape index (κ2) is 7.61. The number of hydrogen-bond donors (Lipinski definition) is 2. The Morgan fingerprint density at radius 1 is 1.03 bits per heavy atom. The predicted molar refractivity (Wildman–Crippen MR) is 119 cm³/mol. The van der Waals surface area contributed by atoms with Crippen LogP contribution in [0.1, 0.15) is 53.7 Å². The van der Waals surface area contributed by atoms with Gasteiger partial charge in [-0.05, 0) is 38.6 Å². The minimum absolute atomic E-state index is 0.0458. The number of anilines is 1. The van der Waals surface area contributed by atoms with Crippen molar-refractivity contribution < 1.29 is 19.4 Å². The standard InChI is InChI=1S/C24H23NO4S/c1-24(2,3)19-13-30-21(20(19)22(26)27)25-23(28)29-12-18-16-10-6-4-8-14(16)15-9-5-7-11-17(15)18/h4-11,13,18H,12H2,1-3H3,(H,25,28)(H,26,27). The van der Waals surface area contributed by atoms with Crippen LogP contribution in [0.2, 0.25) is 0 Å². The minimum Gasteiger partial charge on any atom is -0.478 e. The van der Waals surface area contributed by atoms with Crippen molar-refractivity contribution in [2.45, 2.75) is 32.1 Å². The lowest BCUT2D eigenvalue weighted by Gasteiger charge is -2.18. The number of carboxylic acids is 1. The average Bonchev–Trinajstić information content (AvgIpc) is 3.26. The fraction of sp³-hybridized carbons (Fsp3) is 0.250. The molecule has 2 aromatic carbocycles. The van der Waals surface area contributed by atoms with Crippen LogP contribution in [-0.2, 0) is 10.2 Å². The van der Waals surface area contributed by atoms with E-state index in [-0.39, 0.29) is 23.5 Å². The van der Waals surface area contributed by atoms with Gasteiger partial charge >= 0.3 is 12.1 Å². The van der Waals surface area contributed by atoms with Crippen molar-refractivity contribution in [3.8, 4) is 11.1 Å². The molecule has 0 saturated heterocycles. The number of fused-ring (bicyclic) bond motifs is 3. The lowest BCUT2D eigenvalue weighted by Crippen LogP contribution is -2.20. The van der Waals surface area contributed by atoms with E-state index in [1.54, 1.807) is 5.38 Å². The summed E-state index contributed by atoms with van der Waals surface area (Å²) >= 11 is 1.20. The second-order valence-corrected chi connectivity index (χ2v) is 9.24. The highest BCUT2D eigenvalue weighted by molar-refractivity contribution is 7.15. The zero-order valence-electron chi connectivity index (χ0n) is 17.1. The molecule has 4 rings (SSSR count). The molecule has 5 nitrogen and oxygen atoms in total. The number of ether oxygens (including phenoxy) is 1. The van der Waals surface area contributed by atoms with Gasteiger partial charge < -0.3 is 9.84 Å². The fourth-order valence-corrected chi connectivity index (χ4v) is 5.11. The quantitative estimate of drug-likeness (QED) is 0.533. The summed E-state index contributed by atoms with van der Waals surface area (Å²) in [5, 5.41) is 14.4. The molecule has 2 N–H and O–H groups in total. The van der Waals surface area contributed by atoms with Crippen molar-refractivity contribution in [3.05, 3.63) is 76.2 Å². The van der Waals surface area contributed by atoms with Crippen LogP contribution < -0.4 is 5.32 Å². The average molecular weight is 422 g/mol. The predicted octanol–water partition coefficient (Wildman–Crippen LogP) is 6.10. The van der Waals surface area contributed by atoms with E-state index >= 15 is 0 Å². The van der Waals surface area contributed by atoms with Crippen LogP contribution in [0, 0.1) is 0 Å². The highest BCUT2D eigenvalue weighted by atomic mass is 32.1. The van der Waals surface area contributed by atoms with Gasteiger partial charge in [0, 0.05) is 5.92 Å². The molecule has 1 aromatic heterocycles. The van der Waals surface area contributed by atoms with E-state index in [2.05, 4.69) is 29.6 Å². The first-order chi connectivity index (χ1) is 14.3. The van der Waals surface area contributed by atoms with E-state index in [0.29, 0.717) is 10.6 Å². The lowest BCUT2D eigenvalue weighted by atomic mass is 9.86. The first kappa shape index (κ1) is 20.2. The van der Waals surface area contributed by atoms with E-state index in [9.17, 15) is 14.7 Å². The smallest absolute Gasteiger partial charge is 0.412 e. The molecule has 0 bridgehead atoms. The Hall–Kier alpha value is -3.12. The van der Waals surface area contributed by atoms with E-state index in [4.69, 9.17) is 4.74 Å². The van der Waals surface area contributed by atoms with Crippen LogP contribution in [-0.4, -0.2) is 23.8 Å². The number of benzene rings is 2. The highest BCUT2D eigenvalue weighted by Crippen LogP contribution is 2.44. The van der Waals surface area contributed by atoms with Crippen molar-refractivity contribution in [3.63, 3.8) is 0 Å². The summed E-state index contributed by atoms with van der Waals surface area (Å²) in [5.41, 5.74) is 5.04. The third-order valence-electron chi connectivity index (χ3n) is 5.37. The van der Waals surface area contributed by atoms with Crippen LogP contribution in [0.5, 0.6) is 0 Å². The van der Waals surface area contributed by atoms with Gasteiger partial charge in [0.25, 0.3) is 0 Å². The van der Waals surface area contributed by atoms with Gasteiger partial charge in [0.1, 0.15) is 11.6 Å². The van der Waals surface area contributed by atoms with Gasteiger partial charge in [0.05, 0.1) is 5.56 Å². The summed E-state index contributed by atoms with van der Waals surface area (Å²) in [5.74, 6) is -1.11. The number of nitrogens with one attached hydrogen (secondary N) is 1. The summed E-state index contributed by atoms with van der Waals surface area (Å²) in [6, 6.07) is 16.2. The Kier molecular flexibility index (Phi) is 5.12. The van der Waals surface area contributed by atoms with Crippen LogP contribution in [0.4, 0.5) is 9.80 Å². The van der Waals surface area contributed by atoms with Crippen molar-refractivity contribution in [2.75, 3.05) is 11.9 Å². The first-order valence-corrected chi connectivity index (χ1v) is 10.6. The Morgan fingerprint density at radius 2 is 1.60 bits per heavy atom. The summed E-state index contributed by atoms with van der Waals surface area (Å²) < 4.78 is 5.54. The number of thiophene rings is 1. The third kappa shape index (κ3) is 3.59. The Balaban J connectivity index is 1.52. The second-order valence-electron chi connectivity index (χ2n) is 8.36. The van der Waals surface area contributed by atoms with E-state index in [1.807, 2.05) is 45.0 Å². The Labute approximate surface area is 179 Å². The topological polar surface area (TPSA) is 75.6 Å². The molecule has 154 valence electrons. The monoisotopic (exact) mass is 421 g/mol. The summed E-state index contributed by atoms with van der Waals surface area (Å²) in [7, 11) is 0. The van der Waals surface area contributed by atoms with E-state index in [0.717, 1.165) is 22.3 Å². The van der Waals surface area contributed by atoms with Crippen LogP contribution >= 0.6 is 11.3 Å². The fourth-order valence-electron chi connectivity index (χ4n) is 3.94. The maximum Gasteiger partial charge on any atom is 0.412 e. The maximum atomic E-state index is 12.5.